The zero-order valence-corrected chi connectivity index (χ0v) is 10.9. The van der Waals surface area contributed by atoms with Gasteiger partial charge >= 0.3 is 6.09 Å². The average Bonchev–Trinajstić information content (AvgIpc) is 2.83. The van der Waals surface area contributed by atoms with E-state index in [9.17, 15) is 9.59 Å². The fourth-order valence-corrected chi connectivity index (χ4v) is 1.63. The molecule has 7 heteroatoms. The van der Waals surface area contributed by atoms with Crippen LogP contribution in [0.3, 0.4) is 0 Å². The first kappa shape index (κ1) is 13.4. The number of amides is 2. The van der Waals surface area contributed by atoms with Crippen LogP contribution in [0.15, 0.2) is 29.4 Å². The van der Waals surface area contributed by atoms with Crippen molar-refractivity contribution >= 4 is 29.8 Å². The van der Waals surface area contributed by atoms with Crippen LogP contribution >= 0.6 is 11.6 Å². The Balaban J connectivity index is 1.96. The quantitative estimate of drug-likeness (QED) is 0.669. The first-order valence-corrected chi connectivity index (χ1v) is 5.94. The molecule has 6 nitrogen and oxygen atoms in total. The number of alkyl carbamates (subject to hydrolysis) is 1. The van der Waals surface area contributed by atoms with Gasteiger partial charge in [-0.1, -0.05) is 23.7 Å². The van der Waals surface area contributed by atoms with E-state index in [1.165, 1.54) is 13.3 Å². The zero-order valence-electron chi connectivity index (χ0n) is 10.2. The number of nitrogens with zero attached hydrogens (tertiary/aromatic N) is 2. The van der Waals surface area contributed by atoms with Gasteiger partial charge in [-0.3, -0.25) is 4.79 Å². The highest BCUT2D eigenvalue weighted by Gasteiger charge is 2.30. The summed E-state index contributed by atoms with van der Waals surface area (Å²) < 4.78 is 4.65. The Morgan fingerprint density at radius 3 is 2.79 bits per heavy atom. The summed E-state index contributed by atoms with van der Waals surface area (Å²) in [5.74, 6) is -0.337. The second-order valence-corrected chi connectivity index (χ2v) is 4.39. The van der Waals surface area contributed by atoms with Crippen LogP contribution in [-0.2, 0) is 9.53 Å². The van der Waals surface area contributed by atoms with E-state index in [1.54, 1.807) is 24.3 Å². The monoisotopic (exact) mass is 281 g/mol. The number of nitrogens with one attached hydrogen (secondary N) is 1. The fourth-order valence-electron chi connectivity index (χ4n) is 1.50. The Hall–Kier alpha value is -2.08. The maximum atomic E-state index is 11.9. The van der Waals surface area contributed by atoms with Gasteiger partial charge in [-0.2, -0.15) is 5.10 Å². The van der Waals surface area contributed by atoms with Crippen LogP contribution < -0.4 is 5.32 Å². The van der Waals surface area contributed by atoms with Crippen LogP contribution in [0.4, 0.5) is 4.79 Å². The molecule has 1 aliphatic rings. The smallest absolute Gasteiger partial charge is 0.407 e. The Morgan fingerprint density at radius 1 is 1.53 bits per heavy atom. The van der Waals surface area contributed by atoms with Crippen LogP contribution in [-0.4, -0.2) is 42.9 Å². The third kappa shape index (κ3) is 3.45. The Bertz CT molecular complexity index is 515. The summed E-state index contributed by atoms with van der Waals surface area (Å²) in [7, 11) is 1.51. The molecular weight excluding hydrogens is 270 g/mol. The minimum atomic E-state index is -0.681. The Morgan fingerprint density at radius 2 is 2.21 bits per heavy atom. The molecule has 0 aliphatic carbocycles. The van der Waals surface area contributed by atoms with Gasteiger partial charge in [-0.25, -0.2) is 9.80 Å². The molecule has 0 saturated carbocycles. The lowest BCUT2D eigenvalue weighted by Gasteiger charge is -2.13. The maximum absolute atomic E-state index is 11.9. The van der Waals surface area contributed by atoms with Crippen LogP contribution in [0.5, 0.6) is 0 Å². The van der Waals surface area contributed by atoms with E-state index in [2.05, 4.69) is 15.2 Å². The lowest BCUT2D eigenvalue weighted by atomic mass is 10.2. The number of halogens is 1. The van der Waals surface area contributed by atoms with E-state index in [4.69, 9.17) is 11.6 Å². The molecule has 1 N–H and O–H groups in total. The van der Waals surface area contributed by atoms with Crippen molar-refractivity contribution in [3.8, 4) is 0 Å². The van der Waals surface area contributed by atoms with Crippen molar-refractivity contribution in [2.45, 2.75) is 6.04 Å². The highest BCUT2D eigenvalue weighted by Crippen LogP contribution is 2.08. The van der Waals surface area contributed by atoms with Crippen molar-refractivity contribution in [1.82, 2.24) is 10.3 Å². The normalized spacial score (nSPS) is 18.2. The molecular formula is C12H12ClN3O3. The Kier molecular flexibility index (Phi) is 4.01. The van der Waals surface area contributed by atoms with Gasteiger partial charge in [0, 0.05) is 12.1 Å². The molecule has 100 valence electrons. The molecule has 1 fully saturated rings. The summed E-state index contributed by atoms with van der Waals surface area (Å²) in [4.78, 5) is 22.7. The number of hydrogen-bond acceptors (Lipinski definition) is 4. The molecule has 2 amide bonds. The summed E-state index contributed by atoms with van der Waals surface area (Å²) in [6.45, 7) is 0.0263. The number of carbonyl (C=O) groups excluding carboxylic acids is 2. The van der Waals surface area contributed by atoms with Gasteiger partial charge in [0.15, 0.2) is 0 Å². The SMILES string of the molecule is CN(/N=C/c1ccc(Cl)cc1)C(=O)[C@@H]1COC(=O)N1. The second kappa shape index (κ2) is 5.71. The van der Waals surface area contributed by atoms with E-state index >= 15 is 0 Å². The number of hydrazone groups is 1. The van der Waals surface area contributed by atoms with E-state index in [0.29, 0.717) is 5.02 Å². The van der Waals surface area contributed by atoms with Crippen molar-refractivity contribution in [1.29, 1.82) is 0 Å². The van der Waals surface area contributed by atoms with Crippen LogP contribution in [0.2, 0.25) is 5.02 Å². The topological polar surface area (TPSA) is 71.0 Å². The van der Waals surface area contributed by atoms with Crippen LogP contribution in [0.1, 0.15) is 5.56 Å². The highest BCUT2D eigenvalue weighted by atomic mass is 35.5. The number of rotatable bonds is 3. The third-order valence-electron chi connectivity index (χ3n) is 2.54. The summed E-state index contributed by atoms with van der Waals surface area (Å²) in [6.07, 6.45) is 0.944. The summed E-state index contributed by atoms with van der Waals surface area (Å²) in [6, 6.07) is 6.35. The maximum Gasteiger partial charge on any atom is 0.407 e. The molecule has 0 bridgehead atoms. The molecule has 1 aromatic rings. The number of benzene rings is 1. The summed E-state index contributed by atoms with van der Waals surface area (Å²) in [5.41, 5.74) is 0.816. The summed E-state index contributed by atoms with van der Waals surface area (Å²) >= 11 is 5.76. The molecule has 1 aliphatic heterocycles. The first-order chi connectivity index (χ1) is 9.06. The van der Waals surface area contributed by atoms with Crippen LogP contribution in [0, 0.1) is 0 Å². The van der Waals surface area contributed by atoms with Crippen LogP contribution in [0.25, 0.3) is 0 Å². The van der Waals surface area contributed by atoms with Crippen molar-refractivity contribution in [3.63, 3.8) is 0 Å². The van der Waals surface area contributed by atoms with E-state index in [1.807, 2.05) is 0 Å². The van der Waals surface area contributed by atoms with Crippen molar-refractivity contribution < 1.29 is 14.3 Å². The van der Waals surface area contributed by atoms with Crippen molar-refractivity contribution in [3.05, 3.63) is 34.9 Å². The molecule has 1 aromatic carbocycles. The molecule has 0 aromatic heterocycles. The predicted octanol–water partition coefficient (Wildman–Crippen LogP) is 1.24. The van der Waals surface area contributed by atoms with Gasteiger partial charge < -0.3 is 10.1 Å². The van der Waals surface area contributed by atoms with Gasteiger partial charge in [-0.05, 0) is 17.7 Å². The van der Waals surface area contributed by atoms with Gasteiger partial charge in [0.1, 0.15) is 12.6 Å². The molecule has 1 saturated heterocycles. The number of ether oxygens (including phenoxy) is 1. The highest BCUT2D eigenvalue weighted by molar-refractivity contribution is 6.30. The molecule has 19 heavy (non-hydrogen) atoms. The zero-order chi connectivity index (χ0) is 13.8. The summed E-state index contributed by atoms with van der Waals surface area (Å²) in [5, 5.41) is 8.19. The van der Waals surface area contributed by atoms with Gasteiger partial charge in [-0.15, -0.1) is 0 Å². The molecule has 0 radical (unpaired) electrons. The Labute approximate surface area is 115 Å². The third-order valence-corrected chi connectivity index (χ3v) is 2.79. The average molecular weight is 282 g/mol. The molecule has 1 atom stereocenters. The van der Waals surface area contributed by atoms with Gasteiger partial charge in [0.25, 0.3) is 5.91 Å². The standard InChI is InChI=1S/C12H12ClN3O3/c1-16(11(17)10-7-19-12(18)15-10)14-6-8-2-4-9(13)5-3-8/h2-6,10H,7H2,1H3,(H,15,18)/b14-6+/t10-/m0/s1. The van der Waals surface area contributed by atoms with Gasteiger partial charge in [0.2, 0.25) is 0 Å². The lowest BCUT2D eigenvalue weighted by molar-refractivity contribution is -0.131. The lowest BCUT2D eigenvalue weighted by Crippen LogP contribution is -2.41. The molecule has 2 rings (SSSR count). The molecule has 0 unspecified atom stereocenters. The van der Waals surface area contributed by atoms with E-state index in [-0.39, 0.29) is 12.5 Å². The number of cyclic esters (lactones) is 1. The predicted molar refractivity (Wildman–Crippen MR) is 70.1 cm³/mol. The second-order valence-electron chi connectivity index (χ2n) is 3.95. The number of hydrogen-bond donors (Lipinski definition) is 1. The fraction of sp³-hybridized carbons (Fsp3) is 0.250. The van der Waals surface area contributed by atoms with Gasteiger partial charge in [0.05, 0.1) is 6.21 Å². The van der Waals surface area contributed by atoms with Crippen molar-refractivity contribution in [2.24, 2.45) is 5.10 Å². The minimum Gasteiger partial charge on any atom is -0.447 e. The number of carbonyl (C=O) groups is 2. The minimum absolute atomic E-state index is 0.0263. The molecule has 0 spiro atoms. The molecule has 1 heterocycles. The van der Waals surface area contributed by atoms with E-state index < -0.39 is 12.1 Å². The number of likely N-dealkylation sites (N-methyl/N-ethyl adjacent to an activating group) is 1. The largest absolute Gasteiger partial charge is 0.447 e. The van der Waals surface area contributed by atoms with E-state index in [0.717, 1.165) is 10.6 Å². The first-order valence-electron chi connectivity index (χ1n) is 5.56. The van der Waals surface area contributed by atoms with Crippen molar-refractivity contribution in [2.75, 3.05) is 13.7 Å².